The summed E-state index contributed by atoms with van der Waals surface area (Å²) in [7, 11) is 0. The second-order valence-corrected chi connectivity index (χ2v) is 4.37. The van der Waals surface area contributed by atoms with Gasteiger partial charge in [0.2, 0.25) is 0 Å². The molecule has 1 aliphatic rings. The van der Waals surface area contributed by atoms with Crippen LogP contribution in [0.3, 0.4) is 0 Å². The van der Waals surface area contributed by atoms with E-state index < -0.39 is 6.09 Å². The number of rotatable bonds is 2. The van der Waals surface area contributed by atoms with Gasteiger partial charge in [0.25, 0.3) is 0 Å². The minimum absolute atomic E-state index is 0.0567. The summed E-state index contributed by atoms with van der Waals surface area (Å²) in [4.78, 5) is 13.6. The Morgan fingerprint density at radius 3 is 2.78 bits per heavy atom. The molecule has 0 aromatic heterocycles. The number of ether oxygens (including phenoxy) is 1. The van der Waals surface area contributed by atoms with Crippen LogP contribution in [0.4, 0.5) is 4.79 Å². The van der Waals surface area contributed by atoms with Crippen LogP contribution in [0.5, 0.6) is 5.75 Å². The summed E-state index contributed by atoms with van der Waals surface area (Å²) in [6.45, 7) is 1.99. The molecule has 0 radical (unpaired) electrons. The van der Waals surface area contributed by atoms with E-state index in [-0.39, 0.29) is 6.04 Å². The maximum atomic E-state index is 12.0. The Labute approximate surface area is 111 Å². The molecule has 0 N–H and O–H groups in total. The highest BCUT2D eigenvalue weighted by atomic mass is 35.5. The summed E-state index contributed by atoms with van der Waals surface area (Å²) in [5.41, 5.74) is 0. The molecule has 1 aromatic rings. The lowest BCUT2D eigenvalue weighted by Crippen LogP contribution is -2.37. The van der Waals surface area contributed by atoms with Gasteiger partial charge in [0.15, 0.2) is 0 Å². The number of amides is 1. The van der Waals surface area contributed by atoms with Gasteiger partial charge in [0.1, 0.15) is 5.75 Å². The lowest BCUT2D eigenvalue weighted by molar-refractivity contribution is 0.160. The van der Waals surface area contributed by atoms with Crippen molar-refractivity contribution in [2.24, 2.45) is 0 Å². The van der Waals surface area contributed by atoms with Gasteiger partial charge in [-0.25, -0.2) is 4.79 Å². The van der Waals surface area contributed by atoms with Crippen molar-refractivity contribution < 1.29 is 9.53 Å². The Morgan fingerprint density at radius 1 is 1.39 bits per heavy atom. The van der Waals surface area contributed by atoms with E-state index in [4.69, 9.17) is 16.3 Å². The summed E-state index contributed by atoms with van der Waals surface area (Å²) in [6.07, 6.45) is 5.56. The predicted octanol–water partition coefficient (Wildman–Crippen LogP) is 3.92. The van der Waals surface area contributed by atoms with E-state index in [9.17, 15) is 4.79 Å². The van der Waals surface area contributed by atoms with Gasteiger partial charge in [0.05, 0.1) is 6.04 Å². The molecule has 0 aliphatic carbocycles. The standard InChI is InChI=1S/C14H14ClNO2/c1-2-12-10-11(15)8-9-16(12)14(17)18-13-6-4-3-5-7-13/h3-10,12H,2H2,1H3. The van der Waals surface area contributed by atoms with Crippen molar-refractivity contribution in [1.29, 1.82) is 0 Å². The van der Waals surface area contributed by atoms with Gasteiger partial charge in [-0.2, -0.15) is 0 Å². The zero-order valence-electron chi connectivity index (χ0n) is 10.0. The molecule has 1 amide bonds. The van der Waals surface area contributed by atoms with Crippen LogP contribution in [0, 0.1) is 0 Å². The Balaban J connectivity index is 2.08. The van der Waals surface area contributed by atoms with Gasteiger partial charge < -0.3 is 4.74 Å². The van der Waals surface area contributed by atoms with E-state index in [2.05, 4.69) is 0 Å². The van der Waals surface area contributed by atoms with Crippen LogP contribution in [0.1, 0.15) is 13.3 Å². The van der Waals surface area contributed by atoms with Crippen LogP contribution >= 0.6 is 11.6 Å². The number of halogens is 1. The lowest BCUT2D eigenvalue weighted by Gasteiger charge is -2.27. The van der Waals surface area contributed by atoms with Crippen LogP contribution in [-0.2, 0) is 0 Å². The van der Waals surface area contributed by atoms with Crippen molar-refractivity contribution in [3.8, 4) is 5.75 Å². The van der Waals surface area contributed by atoms with Crippen molar-refractivity contribution in [1.82, 2.24) is 4.90 Å². The number of nitrogens with zero attached hydrogens (tertiary/aromatic N) is 1. The summed E-state index contributed by atoms with van der Waals surface area (Å²) in [5, 5.41) is 0.644. The third kappa shape index (κ3) is 2.93. The number of allylic oxidation sites excluding steroid dienone is 2. The van der Waals surface area contributed by atoms with Crippen molar-refractivity contribution in [3.05, 3.63) is 53.7 Å². The van der Waals surface area contributed by atoms with Gasteiger partial charge in [-0.05, 0) is 30.7 Å². The number of carbonyl (C=O) groups excluding carboxylic acids is 1. The fourth-order valence-electron chi connectivity index (χ4n) is 1.73. The number of para-hydroxylation sites is 1. The maximum Gasteiger partial charge on any atom is 0.419 e. The minimum Gasteiger partial charge on any atom is -0.410 e. The first-order valence-electron chi connectivity index (χ1n) is 5.81. The zero-order chi connectivity index (χ0) is 13.0. The van der Waals surface area contributed by atoms with E-state index in [0.717, 1.165) is 6.42 Å². The molecule has 0 saturated carbocycles. The monoisotopic (exact) mass is 263 g/mol. The smallest absolute Gasteiger partial charge is 0.410 e. The first-order chi connectivity index (χ1) is 8.70. The molecule has 1 heterocycles. The normalized spacial score (nSPS) is 18.4. The van der Waals surface area contributed by atoms with Crippen molar-refractivity contribution in [2.45, 2.75) is 19.4 Å². The van der Waals surface area contributed by atoms with E-state index >= 15 is 0 Å². The molecule has 0 bridgehead atoms. The third-order valence-corrected chi connectivity index (χ3v) is 2.93. The van der Waals surface area contributed by atoms with Crippen LogP contribution in [-0.4, -0.2) is 17.0 Å². The van der Waals surface area contributed by atoms with Gasteiger partial charge >= 0.3 is 6.09 Å². The molecule has 3 nitrogen and oxygen atoms in total. The minimum atomic E-state index is -0.398. The second-order valence-electron chi connectivity index (χ2n) is 3.93. The van der Waals surface area contributed by atoms with E-state index in [0.29, 0.717) is 10.8 Å². The molecule has 2 rings (SSSR count). The average Bonchev–Trinajstić information content (AvgIpc) is 2.39. The first kappa shape index (κ1) is 12.7. The Bertz CT molecular complexity index is 482. The highest BCUT2D eigenvalue weighted by molar-refractivity contribution is 6.31. The molecule has 1 unspecified atom stereocenters. The van der Waals surface area contributed by atoms with Gasteiger partial charge in [-0.15, -0.1) is 0 Å². The molecule has 94 valence electrons. The fraction of sp³-hybridized carbons (Fsp3) is 0.214. The Morgan fingerprint density at radius 2 is 2.11 bits per heavy atom. The first-order valence-corrected chi connectivity index (χ1v) is 6.19. The molecular formula is C14H14ClNO2. The van der Waals surface area contributed by atoms with Crippen LogP contribution < -0.4 is 4.74 Å². The average molecular weight is 264 g/mol. The summed E-state index contributed by atoms with van der Waals surface area (Å²) in [5.74, 6) is 0.534. The number of hydrogen-bond donors (Lipinski definition) is 0. The van der Waals surface area contributed by atoms with Gasteiger partial charge in [-0.1, -0.05) is 36.7 Å². The molecule has 0 saturated heterocycles. The second kappa shape index (κ2) is 5.74. The highest BCUT2D eigenvalue weighted by Gasteiger charge is 2.23. The van der Waals surface area contributed by atoms with E-state index in [1.54, 1.807) is 29.3 Å². The van der Waals surface area contributed by atoms with E-state index in [1.807, 2.05) is 31.2 Å². The number of hydrogen-bond acceptors (Lipinski definition) is 2. The molecule has 4 heteroatoms. The number of benzene rings is 1. The third-order valence-electron chi connectivity index (χ3n) is 2.68. The molecule has 18 heavy (non-hydrogen) atoms. The van der Waals surface area contributed by atoms with Crippen molar-refractivity contribution >= 4 is 17.7 Å². The van der Waals surface area contributed by atoms with Crippen LogP contribution in [0.15, 0.2) is 53.7 Å². The molecule has 0 fully saturated rings. The quantitative estimate of drug-likeness (QED) is 0.809. The number of carbonyl (C=O) groups is 1. The van der Waals surface area contributed by atoms with Crippen LogP contribution in [0.25, 0.3) is 0 Å². The van der Waals surface area contributed by atoms with Gasteiger partial charge in [0, 0.05) is 11.2 Å². The summed E-state index contributed by atoms with van der Waals surface area (Å²) >= 11 is 5.92. The fourth-order valence-corrected chi connectivity index (χ4v) is 1.94. The lowest BCUT2D eigenvalue weighted by atomic mass is 10.1. The molecule has 0 spiro atoms. The largest absolute Gasteiger partial charge is 0.419 e. The van der Waals surface area contributed by atoms with E-state index in [1.165, 1.54) is 0 Å². The maximum absolute atomic E-state index is 12.0. The van der Waals surface area contributed by atoms with Crippen molar-refractivity contribution in [2.75, 3.05) is 0 Å². The topological polar surface area (TPSA) is 29.5 Å². The molecule has 1 aliphatic heterocycles. The summed E-state index contributed by atoms with van der Waals surface area (Å²) < 4.78 is 5.28. The van der Waals surface area contributed by atoms with Crippen molar-refractivity contribution in [3.63, 3.8) is 0 Å². The Hall–Kier alpha value is -1.74. The predicted molar refractivity (Wildman–Crippen MR) is 71.5 cm³/mol. The highest BCUT2D eigenvalue weighted by Crippen LogP contribution is 2.20. The summed E-state index contributed by atoms with van der Waals surface area (Å²) in [6, 6.07) is 8.95. The van der Waals surface area contributed by atoms with Crippen LogP contribution in [0.2, 0.25) is 0 Å². The molecular weight excluding hydrogens is 250 g/mol. The molecule has 1 atom stereocenters. The SMILES string of the molecule is CCC1C=C(Cl)C=CN1C(=O)Oc1ccccc1. The molecule has 1 aromatic carbocycles. The zero-order valence-corrected chi connectivity index (χ0v) is 10.8. The Kier molecular flexibility index (Phi) is 4.05. The van der Waals surface area contributed by atoms with Gasteiger partial charge in [-0.3, -0.25) is 4.90 Å².